The van der Waals surface area contributed by atoms with Crippen molar-refractivity contribution in [3.63, 3.8) is 0 Å². The number of ether oxygens (including phenoxy) is 2. The fourth-order valence-corrected chi connectivity index (χ4v) is 9.08. The highest BCUT2D eigenvalue weighted by molar-refractivity contribution is 8.02. The fraction of sp³-hybridized carbons (Fsp3) is 0.0625. The van der Waals surface area contributed by atoms with E-state index in [9.17, 15) is 0 Å². The van der Waals surface area contributed by atoms with Crippen LogP contribution in [0.2, 0.25) is 5.02 Å². The average molecular weight is 810 g/mol. The van der Waals surface area contributed by atoms with Gasteiger partial charge in [-0.05, 0) is 106 Å². The number of aromatic nitrogens is 5. The molecule has 2 aliphatic rings. The number of anilines is 1. The lowest BCUT2D eigenvalue weighted by Crippen LogP contribution is -2.31. The molecule has 11 heteroatoms. The molecule has 0 saturated heterocycles. The third kappa shape index (κ3) is 6.52. The lowest BCUT2D eigenvalue weighted by Gasteiger charge is -2.38. The molecular formula is C48H36ClN7O2S. The van der Waals surface area contributed by atoms with E-state index in [2.05, 4.69) is 92.9 Å². The highest BCUT2D eigenvalue weighted by atomic mass is 35.5. The Bertz CT molecular complexity index is 2890. The Kier molecular flexibility index (Phi) is 9.27. The van der Waals surface area contributed by atoms with E-state index in [0.717, 1.165) is 73.1 Å². The van der Waals surface area contributed by atoms with E-state index in [1.165, 1.54) is 0 Å². The highest BCUT2D eigenvalue weighted by Gasteiger charge is 2.41. The summed E-state index contributed by atoms with van der Waals surface area (Å²) in [5.74, 6) is 2.82. The van der Waals surface area contributed by atoms with E-state index in [4.69, 9.17) is 41.9 Å². The molecule has 0 fully saturated rings. The molecule has 0 spiro atoms. The fourth-order valence-electron chi connectivity index (χ4n) is 7.81. The van der Waals surface area contributed by atoms with Crippen LogP contribution >= 0.6 is 23.4 Å². The topological polar surface area (TPSA) is 107 Å². The van der Waals surface area contributed by atoms with Crippen LogP contribution in [0.15, 0.2) is 157 Å². The molecule has 59 heavy (non-hydrogen) atoms. The van der Waals surface area contributed by atoms with Crippen LogP contribution in [0.1, 0.15) is 28.1 Å². The minimum absolute atomic E-state index is 0.112. The molecule has 288 valence electrons. The van der Waals surface area contributed by atoms with Gasteiger partial charge in [-0.2, -0.15) is 5.10 Å². The molecule has 1 unspecified atom stereocenters. The van der Waals surface area contributed by atoms with Gasteiger partial charge in [0.05, 0.1) is 48.1 Å². The number of hydrogen-bond donors (Lipinski definition) is 2. The molecule has 5 heterocycles. The molecule has 5 aromatic carbocycles. The van der Waals surface area contributed by atoms with Crippen molar-refractivity contribution in [1.29, 1.82) is 0 Å². The van der Waals surface area contributed by atoms with Crippen LogP contribution in [-0.2, 0) is 0 Å². The summed E-state index contributed by atoms with van der Waals surface area (Å²) in [5, 5.41) is 11.2. The predicted octanol–water partition coefficient (Wildman–Crippen LogP) is 11.4. The van der Waals surface area contributed by atoms with Gasteiger partial charge in [0.25, 0.3) is 0 Å². The number of H-pyrrole nitrogens is 1. The molecule has 8 aromatic rings. The van der Waals surface area contributed by atoms with Gasteiger partial charge in [-0.3, -0.25) is 5.10 Å². The second-order valence-corrected chi connectivity index (χ2v) is 15.5. The summed E-state index contributed by atoms with van der Waals surface area (Å²) in [6.45, 7) is 0. The van der Waals surface area contributed by atoms with E-state index in [1.54, 1.807) is 26.0 Å². The Labute approximate surface area is 350 Å². The van der Waals surface area contributed by atoms with E-state index >= 15 is 0 Å². The van der Waals surface area contributed by atoms with Crippen molar-refractivity contribution in [2.75, 3.05) is 20.0 Å². The van der Waals surface area contributed by atoms with Gasteiger partial charge >= 0.3 is 0 Å². The average Bonchev–Trinajstić information content (AvgIpc) is 4.06. The number of nitrogens with zero attached hydrogens (tertiary/aromatic N) is 5. The number of methoxy groups -OCH3 is 2. The molecule has 3 N–H and O–H groups in total. The Balaban J connectivity index is 1.20. The smallest absolute Gasteiger partial charge is 0.185 e. The molecule has 0 bridgehead atoms. The number of nitrogens with two attached hydrogens (primary N) is 1. The molecule has 1 atom stereocenters. The highest BCUT2D eigenvalue weighted by Crippen LogP contribution is 2.55. The Morgan fingerprint density at radius 1 is 0.678 bits per heavy atom. The molecule has 10 rings (SSSR count). The van der Waals surface area contributed by atoms with E-state index in [1.807, 2.05) is 78.9 Å². The molecule has 0 aliphatic carbocycles. The SMILES string of the molecule is COc1ccc(C2=C(c3n[nH]c(-c4c(-c5ccc(Cl)cc5)cc(-c5ccc(OC)cc5)nc4N)n3)c3cc(-c4ccccc4)cn3C3SC=C(c4ccccc4)N23)cc1. The summed E-state index contributed by atoms with van der Waals surface area (Å²) in [7, 11) is 3.33. The van der Waals surface area contributed by atoms with Crippen molar-refractivity contribution >= 4 is 46.1 Å². The minimum Gasteiger partial charge on any atom is -0.497 e. The number of benzene rings is 5. The number of aromatic amines is 1. The van der Waals surface area contributed by atoms with E-state index < -0.39 is 0 Å². The summed E-state index contributed by atoms with van der Waals surface area (Å²) in [6, 6.07) is 48.8. The number of hydrogen-bond acceptors (Lipinski definition) is 8. The van der Waals surface area contributed by atoms with Gasteiger partial charge in [-0.25, -0.2) is 9.97 Å². The van der Waals surface area contributed by atoms with Gasteiger partial charge in [-0.15, -0.1) is 0 Å². The van der Waals surface area contributed by atoms with Gasteiger partial charge in [0, 0.05) is 22.3 Å². The Morgan fingerprint density at radius 2 is 1.31 bits per heavy atom. The van der Waals surface area contributed by atoms with Gasteiger partial charge in [0.2, 0.25) is 0 Å². The zero-order valence-corrected chi connectivity index (χ0v) is 33.6. The number of thioether (sulfide) groups is 1. The van der Waals surface area contributed by atoms with Crippen molar-refractivity contribution in [3.05, 3.63) is 185 Å². The maximum atomic E-state index is 6.95. The zero-order valence-electron chi connectivity index (χ0n) is 32.0. The largest absolute Gasteiger partial charge is 0.497 e. The number of rotatable bonds is 9. The molecule has 3 aromatic heterocycles. The van der Waals surface area contributed by atoms with Crippen molar-refractivity contribution in [3.8, 4) is 56.4 Å². The lowest BCUT2D eigenvalue weighted by molar-refractivity contribution is 0.413. The number of nitrogens with one attached hydrogen (secondary N) is 1. The maximum absolute atomic E-state index is 6.95. The van der Waals surface area contributed by atoms with Crippen LogP contribution in [0, 0.1) is 0 Å². The quantitative estimate of drug-likeness (QED) is 0.148. The van der Waals surface area contributed by atoms with Gasteiger partial charge in [0.15, 0.2) is 17.1 Å². The van der Waals surface area contributed by atoms with Crippen LogP contribution in [0.4, 0.5) is 5.82 Å². The maximum Gasteiger partial charge on any atom is 0.185 e. The normalized spacial score (nSPS) is 14.5. The molecular weight excluding hydrogens is 774 g/mol. The van der Waals surface area contributed by atoms with Crippen molar-refractivity contribution in [2.24, 2.45) is 0 Å². The molecule has 2 aliphatic heterocycles. The first-order valence-electron chi connectivity index (χ1n) is 19.0. The molecule has 0 saturated carbocycles. The molecule has 0 radical (unpaired) electrons. The summed E-state index contributed by atoms with van der Waals surface area (Å²) < 4.78 is 13.3. The van der Waals surface area contributed by atoms with Crippen LogP contribution in [0.3, 0.4) is 0 Å². The third-order valence-corrected chi connectivity index (χ3v) is 12.0. The first kappa shape index (κ1) is 36.3. The number of halogens is 1. The zero-order chi connectivity index (χ0) is 40.0. The van der Waals surface area contributed by atoms with Crippen LogP contribution in [-0.4, -0.2) is 43.9 Å². The van der Waals surface area contributed by atoms with Crippen molar-refractivity contribution < 1.29 is 9.47 Å². The van der Waals surface area contributed by atoms with Crippen molar-refractivity contribution in [1.82, 2.24) is 29.6 Å². The van der Waals surface area contributed by atoms with E-state index in [-0.39, 0.29) is 5.50 Å². The monoisotopic (exact) mass is 809 g/mol. The summed E-state index contributed by atoms with van der Waals surface area (Å²) in [5.41, 5.74) is 19.0. The van der Waals surface area contributed by atoms with Crippen LogP contribution < -0.4 is 15.2 Å². The number of fused-ring (bicyclic) bond motifs is 3. The standard InChI is InChI=1S/C48H36ClN7O2S/c1-57-36-21-15-31(16-22-36)39-26-38(30-13-19-35(49)20-14-30)42(45(50)51-39)46-52-47(54-53-46)43-40-25-34(29-9-5-3-6-10-29)27-55(40)48-56(41(28-59-48)32-11-7-4-8-12-32)44(43)33-17-23-37(58-2)24-18-33/h3-28,48H,1-2H3,(H2,50,51)(H,52,53,54). The first-order chi connectivity index (χ1) is 29.0. The van der Waals surface area contributed by atoms with Gasteiger partial charge < -0.3 is 24.7 Å². The number of nitrogen functional groups attached to an aromatic ring is 1. The Hall–Kier alpha value is -7.01. The second kappa shape index (κ2) is 15.1. The first-order valence-corrected chi connectivity index (χ1v) is 20.3. The predicted molar refractivity (Wildman–Crippen MR) is 238 cm³/mol. The number of pyridine rings is 1. The van der Waals surface area contributed by atoms with Gasteiger partial charge in [-0.1, -0.05) is 96.2 Å². The van der Waals surface area contributed by atoms with Crippen molar-refractivity contribution in [2.45, 2.75) is 5.50 Å². The Morgan fingerprint density at radius 3 is 1.97 bits per heavy atom. The summed E-state index contributed by atoms with van der Waals surface area (Å²) in [4.78, 5) is 12.6. The molecule has 0 amide bonds. The minimum atomic E-state index is -0.112. The summed E-state index contributed by atoms with van der Waals surface area (Å²) in [6.07, 6.45) is 2.23. The van der Waals surface area contributed by atoms with Crippen LogP contribution in [0.5, 0.6) is 11.5 Å². The van der Waals surface area contributed by atoms with Gasteiger partial charge in [0.1, 0.15) is 17.3 Å². The van der Waals surface area contributed by atoms with Crippen LogP contribution in [0.25, 0.3) is 61.9 Å². The second-order valence-electron chi connectivity index (χ2n) is 14.1. The van der Waals surface area contributed by atoms with E-state index in [0.29, 0.717) is 33.7 Å². The summed E-state index contributed by atoms with van der Waals surface area (Å²) >= 11 is 8.15. The lowest BCUT2D eigenvalue weighted by atomic mass is 9.97. The molecule has 9 nitrogen and oxygen atoms in total. The third-order valence-electron chi connectivity index (χ3n) is 10.7.